The number of nitrogens with one attached hydrogen (secondary N) is 1. The van der Waals surface area contributed by atoms with Crippen molar-refractivity contribution in [1.82, 2.24) is 9.71 Å². The lowest BCUT2D eigenvalue weighted by Gasteiger charge is -2.22. The number of hydrogen-bond acceptors (Lipinski definition) is 5. The Labute approximate surface area is 122 Å². The van der Waals surface area contributed by atoms with E-state index in [-0.39, 0.29) is 21.6 Å². The van der Waals surface area contributed by atoms with Crippen LogP contribution in [-0.2, 0) is 10.0 Å². The van der Waals surface area contributed by atoms with Crippen LogP contribution >= 0.6 is 24.0 Å². The normalized spacial score (nSPS) is 17.3. The second kappa shape index (κ2) is 6.17. The van der Waals surface area contributed by atoms with Crippen LogP contribution in [0.15, 0.2) is 23.2 Å². The fourth-order valence-corrected chi connectivity index (χ4v) is 4.70. The van der Waals surface area contributed by atoms with Gasteiger partial charge < -0.3 is 5.73 Å². The highest BCUT2D eigenvalue weighted by atomic mass is 32.2. The lowest BCUT2D eigenvalue weighted by atomic mass is 10.2. The zero-order valence-electron chi connectivity index (χ0n) is 10.2. The first-order chi connectivity index (χ1) is 9.00. The maximum Gasteiger partial charge on any atom is 0.243 e. The van der Waals surface area contributed by atoms with Crippen LogP contribution < -0.4 is 10.5 Å². The van der Waals surface area contributed by atoms with Gasteiger partial charge in [-0.25, -0.2) is 13.1 Å². The summed E-state index contributed by atoms with van der Waals surface area (Å²) in [6, 6.07) is 3.01. The van der Waals surface area contributed by atoms with E-state index in [4.69, 9.17) is 18.0 Å². The zero-order chi connectivity index (χ0) is 13.9. The van der Waals surface area contributed by atoms with Gasteiger partial charge in [0.15, 0.2) is 0 Å². The molecule has 0 unspecified atom stereocenters. The number of rotatable bonds is 4. The number of thioether (sulfide) groups is 1. The first-order valence-electron chi connectivity index (χ1n) is 5.85. The Morgan fingerprint density at radius 1 is 1.47 bits per heavy atom. The van der Waals surface area contributed by atoms with Crippen LogP contribution in [-0.4, -0.2) is 35.9 Å². The van der Waals surface area contributed by atoms with Crippen LogP contribution in [0.5, 0.6) is 0 Å². The molecular formula is C11H15N3O2S3. The van der Waals surface area contributed by atoms with Crippen molar-refractivity contribution in [2.24, 2.45) is 5.73 Å². The molecule has 8 heteroatoms. The molecule has 0 radical (unpaired) electrons. The first kappa shape index (κ1) is 14.7. The summed E-state index contributed by atoms with van der Waals surface area (Å²) < 4.78 is 27.4. The number of hydrogen-bond donors (Lipinski definition) is 2. The van der Waals surface area contributed by atoms with Gasteiger partial charge in [0.25, 0.3) is 0 Å². The summed E-state index contributed by atoms with van der Waals surface area (Å²) in [4.78, 5) is 3.99. The molecule has 1 aromatic heterocycles. The molecule has 3 N–H and O–H groups in total. The molecule has 0 spiro atoms. The average molecular weight is 317 g/mol. The molecule has 0 aromatic carbocycles. The van der Waals surface area contributed by atoms with E-state index in [2.05, 4.69) is 9.71 Å². The largest absolute Gasteiger partial charge is 0.388 e. The highest BCUT2D eigenvalue weighted by molar-refractivity contribution is 7.99. The van der Waals surface area contributed by atoms with Gasteiger partial charge in [0.05, 0.1) is 0 Å². The van der Waals surface area contributed by atoms with Gasteiger partial charge in [-0.1, -0.05) is 12.2 Å². The molecular weight excluding hydrogens is 302 g/mol. The molecule has 0 bridgehead atoms. The van der Waals surface area contributed by atoms with Crippen molar-refractivity contribution in [2.75, 3.05) is 11.5 Å². The van der Waals surface area contributed by atoms with Gasteiger partial charge in [-0.05, 0) is 36.5 Å². The van der Waals surface area contributed by atoms with Crippen LogP contribution in [0.3, 0.4) is 0 Å². The molecule has 1 aliphatic rings. The molecule has 19 heavy (non-hydrogen) atoms. The molecule has 0 atom stereocenters. The monoisotopic (exact) mass is 317 g/mol. The quantitative estimate of drug-likeness (QED) is 0.802. The number of sulfonamides is 1. The molecule has 2 heterocycles. The maximum atomic E-state index is 12.4. The van der Waals surface area contributed by atoms with Gasteiger partial charge in [0.1, 0.15) is 15.6 Å². The Kier molecular flexibility index (Phi) is 4.77. The molecule has 0 amide bonds. The SMILES string of the molecule is NC(=S)c1ncccc1S(=O)(=O)NC1CCSCC1. The predicted molar refractivity (Wildman–Crippen MR) is 80.8 cm³/mol. The van der Waals surface area contributed by atoms with Gasteiger partial charge in [0, 0.05) is 12.2 Å². The summed E-state index contributed by atoms with van der Waals surface area (Å²) in [5, 5.41) is 0. The Hall–Kier alpha value is -0.700. The molecule has 1 aromatic rings. The standard InChI is InChI=1S/C11H15N3O2S3/c12-11(17)10-9(2-1-5-13-10)19(15,16)14-8-3-6-18-7-4-8/h1-2,5,8,14H,3-4,6-7H2,(H2,12,17). The van der Waals surface area contributed by atoms with Crippen molar-refractivity contribution < 1.29 is 8.42 Å². The summed E-state index contributed by atoms with van der Waals surface area (Å²) in [6.07, 6.45) is 3.16. The maximum absolute atomic E-state index is 12.4. The van der Waals surface area contributed by atoms with Crippen LogP contribution in [0, 0.1) is 0 Å². The Balaban J connectivity index is 2.26. The molecule has 0 aliphatic carbocycles. The van der Waals surface area contributed by atoms with Crippen molar-refractivity contribution in [3.05, 3.63) is 24.0 Å². The summed E-state index contributed by atoms with van der Waals surface area (Å²) in [6.45, 7) is 0. The summed E-state index contributed by atoms with van der Waals surface area (Å²) in [5.41, 5.74) is 5.67. The van der Waals surface area contributed by atoms with Gasteiger partial charge in [-0.15, -0.1) is 0 Å². The minimum Gasteiger partial charge on any atom is -0.388 e. The summed E-state index contributed by atoms with van der Waals surface area (Å²) >= 11 is 6.68. The Morgan fingerprint density at radius 3 is 2.79 bits per heavy atom. The number of thiocarbonyl (C=S) groups is 1. The highest BCUT2D eigenvalue weighted by Crippen LogP contribution is 2.20. The predicted octanol–water partition coefficient (Wildman–Crippen LogP) is 0.890. The summed E-state index contributed by atoms with van der Waals surface area (Å²) in [7, 11) is -3.62. The van der Waals surface area contributed by atoms with E-state index in [9.17, 15) is 8.42 Å². The van der Waals surface area contributed by atoms with Gasteiger partial charge >= 0.3 is 0 Å². The first-order valence-corrected chi connectivity index (χ1v) is 8.90. The molecule has 104 valence electrons. The van der Waals surface area contributed by atoms with Crippen LogP contribution in [0.4, 0.5) is 0 Å². The van der Waals surface area contributed by atoms with E-state index in [1.807, 2.05) is 11.8 Å². The van der Waals surface area contributed by atoms with E-state index < -0.39 is 10.0 Å². The lowest BCUT2D eigenvalue weighted by Crippen LogP contribution is -2.38. The number of nitrogens with two attached hydrogens (primary N) is 1. The fourth-order valence-electron chi connectivity index (χ4n) is 1.89. The number of nitrogens with zero attached hydrogens (tertiary/aromatic N) is 1. The Morgan fingerprint density at radius 2 is 2.16 bits per heavy atom. The van der Waals surface area contributed by atoms with Crippen LogP contribution in [0.25, 0.3) is 0 Å². The zero-order valence-corrected chi connectivity index (χ0v) is 12.7. The average Bonchev–Trinajstić information content (AvgIpc) is 2.39. The van der Waals surface area contributed by atoms with E-state index in [1.54, 1.807) is 6.07 Å². The van der Waals surface area contributed by atoms with E-state index in [1.165, 1.54) is 12.3 Å². The van der Waals surface area contributed by atoms with Gasteiger partial charge in [-0.2, -0.15) is 11.8 Å². The smallest absolute Gasteiger partial charge is 0.243 e. The third-order valence-corrected chi connectivity index (χ3v) is 5.63. The van der Waals surface area contributed by atoms with E-state index in [0.717, 1.165) is 24.3 Å². The lowest BCUT2D eigenvalue weighted by molar-refractivity contribution is 0.528. The minimum atomic E-state index is -3.62. The number of pyridine rings is 1. The molecule has 5 nitrogen and oxygen atoms in total. The van der Waals surface area contributed by atoms with Crippen molar-refractivity contribution >= 4 is 39.0 Å². The molecule has 0 saturated carbocycles. The molecule has 1 aliphatic heterocycles. The summed E-state index contributed by atoms with van der Waals surface area (Å²) in [5.74, 6) is 1.95. The van der Waals surface area contributed by atoms with Crippen molar-refractivity contribution in [2.45, 2.75) is 23.8 Å². The minimum absolute atomic E-state index is 0.0137. The fraction of sp³-hybridized carbons (Fsp3) is 0.455. The molecule has 2 rings (SSSR count). The second-order valence-electron chi connectivity index (χ2n) is 4.22. The van der Waals surface area contributed by atoms with Crippen LogP contribution in [0.2, 0.25) is 0 Å². The second-order valence-corrected chi connectivity index (χ2v) is 7.57. The highest BCUT2D eigenvalue weighted by Gasteiger charge is 2.25. The van der Waals surface area contributed by atoms with Gasteiger partial charge in [0.2, 0.25) is 10.0 Å². The van der Waals surface area contributed by atoms with E-state index in [0.29, 0.717) is 0 Å². The van der Waals surface area contributed by atoms with Gasteiger partial charge in [-0.3, -0.25) is 4.98 Å². The topological polar surface area (TPSA) is 85.1 Å². The van der Waals surface area contributed by atoms with E-state index >= 15 is 0 Å². The third kappa shape index (κ3) is 3.65. The van der Waals surface area contributed by atoms with Crippen molar-refractivity contribution in [1.29, 1.82) is 0 Å². The van der Waals surface area contributed by atoms with Crippen molar-refractivity contribution in [3.8, 4) is 0 Å². The molecule has 1 saturated heterocycles. The number of aromatic nitrogens is 1. The molecule has 1 fully saturated rings. The third-order valence-electron chi connectivity index (χ3n) is 2.84. The van der Waals surface area contributed by atoms with Crippen LogP contribution in [0.1, 0.15) is 18.5 Å². The van der Waals surface area contributed by atoms with Crippen molar-refractivity contribution in [3.63, 3.8) is 0 Å². The Bertz CT molecular complexity index is 568.